The predicted molar refractivity (Wildman–Crippen MR) is 139 cm³/mol. The van der Waals surface area contributed by atoms with E-state index in [1.54, 1.807) is 6.20 Å². The molecule has 0 amide bonds. The molecule has 0 bridgehead atoms. The molecule has 1 N–H and O–H groups in total. The number of ketones is 1. The van der Waals surface area contributed by atoms with E-state index in [0.29, 0.717) is 36.6 Å². The topological polar surface area (TPSA) is 107 Å². The van der Waals surface area contributed by atoms with E-state index in [1.165, 1.54) is 49.6 Å². The number of nitro groups is 1. The van der Waals surface area contributed by atoms with Gasteiger partial charge in [-0.25, -0.2) is 4.39 Å². The summed E-state index contributed by atoms with van der Waals surface area (Å²) in [5.74, 6) is -0.592. The lowest BCUT2D eigenvalue weighted by Gasteiger charge is -2.35. The summed E-state index contributed by atoms with van der Waals surface area (Å²) in [7, 11) is 1.49. The number of ether oxygens (including phenoxy) is 1. The zero-order valence-corrected chi connectivity index (χ0v) is 20.6. The smallest absolute Gasteiger partial charge is 0.269 e. The van der Waals surface area contributed by atoms with Gasteiger partial charge in [0.05, 0.1) is 22.9 Å². The van der Waals surface area contributed by atoms with Crippen LogP contribution in [0.25, 0.3) is 17.0 Å². The summed E-state index contributed by atoms with van der Waals surface area (Å²) in [6, 6.07) is 6.84. The molecule has 2 fully saturated rings. The second-order valence-electron chi connectivity index (χ2n) is 9.49. The highest BCUT2D eigenvalue weighted by molar-refractivity contribution is 6.07. The molecule has 5 rings (SSSR count). The molecule has 1 saturated carbocycles. The Labute approximate surface area is 212 Å². The van der Waals surface area contributed by atoms with E-state index >= 15 is 4.39 Å². The van der Waals surface area contributed by atoms with Crippen molar-refractivity contribution >= 4 is 34.1 Å². The van der Waals surface area contributed by atoms with Gasteiger partial charge in [0, 0.05) is 61.2 Å². The largest absolute Gasteiger partial charge is 0.492 e. The van der Waals surface area contributed by atoms with Gasteiger partial charge in [-0.15, -0.1) is 0 Å². The second kappa shape index (κ2) is 9.78. The highest BCUT2D eigenvalue weighted by Crippen LogP contribution is 2.43. The van der Waals surface area contributed by atoms with Gasteiger partial charge in [-0.05, 0) is 50.1 Å². The number of allylic oxidation sites excluding steroid dienone is 1. The molecule has 2 heterocycles. The molecular formula is C27H27FN4O5. The molecule has 1 aliphatic carbocycles. The zero-order chi connectivity index (χ0) is 26.3. The number of carbonyl (C=O) groups is 1. The zero-order valence-electron chi connectivity index (χ0n) is 20.6. The number of rotatable bonds is 7. The van der Waals surface area contributed by atoms with Gasteiger partial charge in [-0.1, -0.05) is 0 Å². The fourth-order valence-electron chi connectivity index (χ4n) is 4.86. The monoisotopic (exact) mass is 506 g/mol. The number of methoxy groups -OCH3 is 1. The van der Waals surface area contributed by atoms with E-state index in [2.05, 4.69) is 5.32 Å². The van der Waals surface area contributed by atoms with Crippen LogP contribution in [0.5, 0.6) is 5.75 Å². The number of nitrogens with one attached hydrogen (secondary N) is 1. The first-order chi connectivity index (χ1) is 17.8. The molecule has 1 unspecified atom stereocenters. The summed E-state index contributed by atoms with van der Waals surface area (Å²) < 4.78 is 23.3. The maximum atomic E-state index is 15.6. The summed E-state index contributed by atoms with van der Waals surface area (Å²) >= 11 is 0. The number of non-ortho nitro benzene ring substituents is 1. The lowest BCUT2D eigenvalue weighted by Crippen LogP contribution is -2.49. The van der Waals surface area contributed by atoms with Crippen LogP contribution in [-0.4, -0.2) is 48.1 Å². The van der Waals surface area contributed by atoms with Gasteiger partial charge in [0.2, 0.25) is 0 Å². The van der Waals surface area contributed by atoms with Crippen LogP contribution in [0.2, 0.25) is 0 Å². The van der Waals surface area contributed by atoms with E-state index in [0.717, 1.165) is 12.8 Å². The van der Waals surface area contributed by atoms with Gasteiger partial charge in [-0.3, -0.25) is 19.7 Å². The summed E-state index contributed by atoms with van der Waals surface area (Å²) in [6.45, 7) is 3.97. The number of nitro benzene ring substituents is 1. The van der Waals surface area contributed by atoms with E-state index in [-0.39, 0.29) is 34.3 Å². The number of fused-ring (bicyclic) bond motifs is 1. The fourth-order valence-corrected chi connectivity index (χ4v) is 4.86. The summed E-state index contributed by atoms with van der Waals surface area (Å²) in [5.41, 5.74) is 0.891. The molecule has 2 aliphatic rings. The number of hydrogen-bond acceptors (Lipinski definition) is 7. The minimum atomic E-state index is -0.541. The van der Waals surface area contributed by atoms with Gasteiger partial charge < -0.3 is 19.5 Å². The molecule has 2 aromatic carbocycles. The Morgan fingerprint density at radius 1 is 1.27 bits per heavy atom. The Hall–Kier alpha value is -4.05. The molecule has 1 aliphatic heterocycles. The number of pyridine rings is 1. The Morgan fingerprint density at radius 2 is 2.00 bits per heavy atom. The normalized spacial score (nSPS) is 17.9. The van der Waals surface area contributed by atoms with E-state index in [9.17, 15) is 19.7 Å². The summed E-state index contributed by atoms with van der Waals surface area (Å²) in [6.07, 6.45) is 6.21. The van der Waals surface area contributed by atoms with Gasteiger partial charge in [-0.2, -0.15) is 0 Å². The third-order valence-corrected chi connectivity index (χ3v) is 6.83. The molecule has 0 radical (unpaired) electrons. The number of aromatic nitrogens is 1. The van der Waals surface area contributed by atoms with Crippen LogP contribution in [0, 0.1) is 15.9 Å². The molecule has 10 heteroatoms. The second-order valence-corrected chi connectivity index (χ2v) is 9.49. The first kappa shape index (κ1) is 24.6. The average molecular weight is 507 g/mol. The highest BCUT2D eigenvalue weighted by Gasteiger charge is 2.31. The van der Waals surface area contributed by atoms with Crippen molar-refractivity contribution < 1.29 is 18.8 Å². The highest BCUT2D eigenvalue weighted by atomic mass is 19.1. The molecule has 1 aromatic heterocycles. The minimum absolute atomic E-state index is 0.118. The van der Waals surface area contributed by atoms with Crippen LogP contribution in [-0.2, 0) is 0 Å². The van der Waals surface area contributed by atoms with Crippen molar-refractivity contribution in [2.24, 2.45) is 0 Å². The average Bonchev–Trinajstić information content (AvgIpc) is 3.73. The van der Waals surface area contributed by atoms with Crippen molar-refractivity contribution in [1.82, 2.24) is 9.88 Å². The molecule has 0 spiro atoms. The van der Waals surface area contributed by atoms with Crippen LogP contribution in [0.4, 0.5) is 15.8 Å². The van der Waals surface area contributed by atoms with Crippen LogP contribution >= 0.6 is 0 Å². The Morgan fingerprint density at radius 3 is 2.62 bits per heavy atom. The van der Waals surface area contributed by atoms with E-state index < -0.39 is 22.0 Å². The number of benzene rings is 2. The third-order valence-electron chi connectivity index (χ3n) is 6.83. The third kappa shape index (κ3) is 4.72. The van der Waals surface area contributed by atoms with Crippen molar-refractivity contribution in [3.8, 4) is 5.75 Å². The number of piperazine rings is 1. The van der Waals surface area contributed by atoms with Crippen molar-refractivity contribution in [3.05, 3.63) is 79.9 Å². The Kier molecular flexibility index (Phi) is 6.51. The predicted octanol–water partition coefficient (Wildman–Crippen LogP) is 4.09. The molecule has 1 atom stereocenters. The van der Waals surface area contributed by atoms with Crippen LogP contribution in [0.15, 0.2) is 47.4 Å². The number of carbonyl (C=O) groups excluding carboxylic acids is 1. The molecule has 192 valence electrons. The van der Waals surface area contributed by atoms with Crippen molar-refractivity contribution in [1.29, 1.82) is 0 Å². The molecule has 3 aromatic rings. The minimum Gasteiger partial charge on any atom is -0.492 e. The van der Waals surface area contributed by atoms with E-state index in [4.69, 9.17) is 4.74 Å². The standard InChI is InChI=1S/C27H27FN4O5/c1-16-14-30(12-11-29-16)25-22(28)13-21-24(27(25)37-2)31(19-8-9-19)15-18(26(21)34)5-10-23(33)17-3-6-20(7-4-17)32(35)36/h3-7,10,13,15-16,19,29H,8-9,11-12,14H2,1-2H3/b10-5+. The van der Waals surface area contributed by atoms with Crippen molar-refractivity contribution in [3.63, 3.8) is 0 Å². The Bertz CT molecular complexity index is 1480. The lowest BCUT2D eigenvalue weighted by atomic mass is 10.1. The molecule has 37 heavy (non-hydrogen) atoms. The fraction of sp³-hybridized carbons (Fsp3) is 0.333. The maximum Gasteiger partial charge on any atom is 0.269 e. The summed E-state index contributed by atoms with van der Waals surface area (Å²) in [5, 5.41) is 14.4. The number of anilines is 1. The van der Waals surface area contributed by atoms with Gasteiger partial charge in [0.25, 0.3) is 5.69 Å². The molecule has 1 saturated heterocycles. The van der Waals surface area contributed by atoms with Gasteiger partial charge >= 0.3 is 0 Å². The number of halogens is 1. The van der Waals surface area contributed by atoms with Gasteiger partial charge in [0.1, 0.15) is 5.69 Å². The van der Waals surface area contributed by atoms with Crippen molar-refractivity contribution in [2.45, 2.75) is 31.8 Å². The maximum absolute atomic E-state index is 15.6. The number of nitrogens with zero attached hydrogens (tertiary/aromatic N) is 3. The molecule has 9 nitrogen and oxygen atoms in total. The van der Waals surface area contributed by atoms with Crippen LogP contribution < -0.4 is 20.4 Å². The van der Waals surface area contributed by atoms with E-state index in [1.807, 2.05) is 16.4 Å². The molecular weight excluding hydrogens is 479 g/mol. The quantitative estimate of drug-likeness (QED) is 0.223. The van der Waals surface area contributed by atoms with Crippen LogP contribution in [0.1, 0.15) is 41.7 Å². The first-order valence-electron chi connectivity index (χ1n) is 12.2. The lowest BCUT2D eigenvalue weighted by molar-refractivity contribution is -0.384. The number of hydrogen-bond donors (Lipinski definition) is 1. The SMILES string of the molecule is COc1c(N2CCNC(C)C2)c(F)cc2c(=O)c(/C=C/C(=O)c3ccc([N+](=O)[O-])cc3)cn(C3CC3)c12. The Balaban J connectivity index is 1.58. The first-order valence-corrected chi connectivity index (χ1v) is 12.2. The summed E-state index contributed by atoms with van der Waals surface area (Å²) in [4.78, 5) is 38.4. The van der Waals surface area contributed by atoms with Crippen molar-refractivity contribution in [2.75, 3.05) is 31.6 Å². The van der Waals surface area contributed by atoms with Crippen LogP contribution in [0.3, 0.4) is 0 Å². The van der Waals surface area contributed by atoms with Gasteiger partial charge in [0.15, 0.2) is 22.8 Å².